The molecule has 1 aliphatic rings. The Bertz CT molecular complexity index is 209. The number of nitrogens with one attached hydrogen (secondary N) is 1. The lowest BCUT2D eigenvalue weighted by atomic mass is 9.98. The minimum absolute atomic E-state index is 0.171. The van der Waals surface area contributed by atoms with Crippen molar-refractivity contribution < 1.29 is 9.53 Å². The van der Waals surface area contributed by atoms with Crippen molar-refractivity contribution in [3.05, 3.63) is 0 Å². The van der Waals surface area contributed by atoms with Crippen LogP contribution < -0.4 is 5.32 Å². The van der Waals surface area contributed by atoms with Crippen molar-refractivity contribution >= 4 is 5.91 Å². The number of carbonyl (C=O) groups excluding carboxylic acids is 1. The number of rotatable bonds is 6. The van der Waals surface area contributed by atoms with Gasteiger partial charge in [0.25, 0.3) is 0 Å². The van der Waals surface area contributed by atoms with Crippen molar-refractivity contribution in [2.24, 2.45) is 5.92 Å². The Hall–Kier alpha value is -0.610. The maximum absolute atomic E-state index is 11.8. The normalized spacial score (nSPS) is 22.0. The molecule has 1 amide bonds. The van der Waals surface area contributed by atoms with E-state index >= 15 is 0 Å². The zero-order valence-corrected chi connectivity index (χ0v) is 10.5. The van der Waals surface area contributed by atoms with Gasteiger partial charge < -0.3 is 15.0 Å². The molecule has 0 radical (unpaired) electrons. The molecule has 1 saturated heterocycles. The SMILES string of the molecule is CCCOCCNC(=O)C1CCCN(C)C1. The largest absolute Gasteiger partial charge is 0.380 e. The zero-order chi connectivity index (χ0) is 11.8. The van der Waals surface area contributed by atoms with Gasteiger partial charge in [0, 0.05) is 19.7 Å². The predicted molar refractivity (Wildman–Crippen MR) is 64.3 cm³/mol. The van der Waals surface area contributed by atoms with Gasteiger partial charge in [-0.3, -0.25) is 4.79 Å². The quantitative estimate of drug-likeness (QED) is 0.686. The Balaban J connectivity index is 2.09. The van der Waals surface area contributed by atoms with Crippen molar-refractivity contribution in [1.29, 1.82) is 0 Å². The van der Waals surface area contributed by atoms with Crippen LogP contribution in [0.4, 0.5) is 0 Å². The van der Waals surface area contributed by atoms with Gasteiger partial charge in [-0.05, 0) is 32.9 Å². The van der Waals surface area contributed by atoms with Crippen LogP contribution in [0.15, 0.2) is 0 Å². The van der Waals surface area contributed by atoms with Gasteiger partial charge >= 0.3 is 0 Å². The first kappa shape index (κ1) is 13.5. The molecule has 1 heterocycles. The van der Waals surface area contributed by atoms with E-state index in [0.29, 0.717) is 13.2 Å². The van der Waals surface area contributed by atoms with Gasteiger partial charge in [0.2, 0.25) is 5.91 Å². The topological polar surface area (TPSA) is 41.6 Å². The molecule has 4 nitrogen and oxygen atoms in total. The van der Waals surface area contributed by atoms with Gasteiger partial charge in [-0.15, -0.1) is 0 Å². The Morgan fingerprint density at radius 2 is 2.31 bits per heavy atom. The molecular weight excluding hydrogens is 204 g/mol. The molecule has 1 unspecified atom stereocenters. The Kier molecular flexibility index (Phi) is 6.42. The second-order valence-electron chi connectivity index (χ2n) is 4.50. The molecule has 0 saturated carbocycles. The van der Waals surface area contributed by atoms with Crippen molar-refractivity contribution in [2.75, 3.05) is 39.9 Å². The zero-order valence-electron chi connectivity index (χ0n) is 10.5. The van der Waals surface area contributed by atoms with Gasteiger partial charge in [0.15, 0.2) is 0 Å². The lowest BCUT2D eigenvalue weighted by Crippen LogP contribution is -2.42. The minimum Gasteiger partial charge on any atom is -0.380 e. The van der Waals surface area contributed by atoms with E-state index in [1.54, 1.807) is 0 Å². The molecule has 16 heavy (non-hydrogen) atoms. The van der Waals surface area contributed by atoms with Crippen LogP contribution in [0.25, 0.3) is 0 Å². The number of amides is 1. The summed E-state index contributed by atoms with van der Waals surface area (Å²) in [6.45, 7) is 6.13. The first-order chi connectivity index (χ1) is 7.74. The van der Waals surface area contributed by atoms with Crippen LogP contribution >= 0.6 is 0 Å². The molecule has 1 rings (SSSR count). The van der Waals surface area contributed by atoms with Crippen LogP contribution in [0.2, 0.25) is 0 Å². The van der Waals surface area contributed by atoms with Gasteiger partial charge in [-0.25, -0.2) is 0 Å². The smallest absolute Gasteiger partial charge is 0.224 e. The summed E-state index contributed by atoms with van der Waals surface area (Å²) in [7, 11) is 2.07. The molecule has 0 aromatic carbocycles. The van der Waals surface area contributed by atoms with Crippen molar-refractivity contribution in [1.82, 2.24) is 10.2 Å². The summed E-state index contributed by atoms with van der Waals surface area (Å²) < 4.78 is 5.32. The molecular formula is C12H24N2O2. The van der Waals surface area contributed by atoms with Gasteiger partial charge in [0.05, 0.1) is 12.5 Å². The maximum Gasteiger partial charge on any atom is 0.224 e. The number of likely N-dealkylation sites (tertiary alicyclic amines) is 1. The summed E-state index contributed by atoms with van der Waals surface area (Å²) in [6.07, 6.45) is 3.17. The summed E-state index contributed by atoms with van der Waals surface area (Å²) in [5.74, 6) is 0.358. The number of ether oxygens (including phenoxy) is 1. The number of hydrogen-bond donors (Lipinski definition) is 1. The van der Waals surface area contributed by atoms with Gasteiger partial charge in [0.1, 0.15) is 0 Å². The monoisotopic (exact) mass is 228 g/mol. The molecule has 0 bridgehead atoms. The summed E-state index contributed by atoms with van der Waals surface area (Å²) in [4.78, 5) is 14.0. The van der Waals surface area contributed by atoms with Crippen LogP contribution in [-0.2, 0) is 9.53 Å². The number of carbonyl (C=O) groups is 1. The summed E-state index contributed by atoms with van der Waals surface area (Å²) in [6, 6.07) is 0. The number of hydrogen-bond acceptors (Lipinski definition) is 3. The fraction of sp³-hybridized carbons (Fsp3) is 0.917. The third-order valence-electron chi connectivity index (χ3n) is 2.89. The van der Waals surface area contributed by atoms with Crippen LogP contribution in [0, 0.1) is 5.92 Å². The molecule has 0 spiro atoms. The average Bonchev–Trinajstić information content (AvgIpc) is 2.28. The predicted octanol–water partition coefficient (Wildman–Crippen LogP) is 0.871. The second-order valence-corrected chi connectivity index (χ2v) is 4.50. The minimum atomic E-state index is 0.171. The molecule has 94 valence electrons. The first-order valence-electron chi connectivity index (χ1n) is 6.28. The molecule has 1 N–H and O–H groups in total. The third kappa shape index (κ3) is 4.94. The Morgan fingerprint density at radius 3 is 3.00 bits per heavy atom. The van der Waals surface area contributed by atoms with Crippen LogP contribution in [0.1, 0.15) is 26.2 Å². The fourth-order valence-corrected chi connectivity index (χ4v) is 2.02. The van der Waals surface area contributed by atoms with Crippen LogP contribution in [0.5, 0.6) is 0 Å². The van der Waals surface area contributed by atoms with E-state index in [-0.39, 0.29) is 11.8 Å². The molecule has 1 aliphatic heterocycles. The van der Waals surface area contributed by atoms with E-state index in [1.165, 1.54) is 0 Å². The highest BCUT2D eigenvalue weighted by Crippen LogP contribution is 2.14. The average molecular weight is 228 g/mol. The van der Waals surface area contributed by atoms with E-state index in [1.807, 2.05) is 0 Å². The summed E-state index contributed by atoms with van der Waals surface area (Å²) in [5, 5.41) is 2.94. The van der Waals surface area contributed by atoms with E-state index in [4.69, 9.17) is 4.74 Å². The lowest BCUT2D eigenvalue weighted by Gasteiger charge is -2.28. The third-order valence-corrected chi connectivity index (χ3v) is 2.89. The van der Waals surface area contributed by atoms with E-state index in [2.05, 4.69) is 24.2 Å². The van der Waals surface area contributed by atoms with Crippen LogP contribution in [0.3, 0.4) is 0 Å². The molecule has 0 aromatic heterocycles. The van der Waals surface area contributed by atoms with Crippen molar-refractivity contribution in [3.8, 4) is 0 Å². The maximum atomic E-state index is 11.8. The summed E-state index contributed by atoms with van der Waals surface area (Å²) >= 11 is 0. The first-order valence-corrected chi connectivity index (χ1v) is 6.28. The molecule has 0 aromatic rings. The van der Waals surface area contributed by atoms with E-state index < -0.39 is 0 Å². The highest BCUT2D eigenvalue weighted by Gasteiger charge is 2.23. The number of nitrogens with zero attached hydrogens (tertiary/aromatic N) is 1. The Morgan fingerprint density at radius 1 is 1.50 bits per heavy atom. The second kappa shape index (κ2) is 7.63. The summed E-state index contributed by atoms with van der Waals surface area (Å²) in [5.41, 5.74) is 0. The van der Waals surface area contributed by atoms with Gasteiger partial charge in [-0.1, -0.05) is 6.92 Å². The number of piperidine rings is 1. The highest BCUT2D eigenvalue weighted by molar-refractivity contribution is 5.78. The van der Waals surface area contributed by atoms with Gasteiger partial charge in [-0.2, -0.15) is 0 Å². The molecule has 4 heteroatoms. The molecule has 1 fully saturated rings. The Labute approximate surface area is 98.3 Å². The molecule has 0 aliphatic carbocycles. The van der Waals surface area contributed by atoms with E-state index in [0.717, 1.165) is 39.0 Å². The van der Waals surface area contributed by atoms with Crippen molar-refractivity contribution in [2.45, 2.75) is 26.2 Å². The lowest BCUT2D eigenvalue weighted by molar-refractivity contribution is -0.126. The van der Waals surface area contributed by atoms with Crippen LogP contribution in [-0.4, -0.2) is 50.7 Å². The highest BCUT2D eigenvalue weighted by atomic mass is 16.5. The van der Waals surface area contributed by atoms with E-state index in [9.17, 15) is 4.79 Å². The van der Waals surface area contributed by atoms with Crippen molar-refractivity contribution in [3.63, 3.8) is 0 Å². The molecule has 1 atom stereocenters. The fourth-order valence-electron chi connectivity index (χ4n) is 2.02. The standard InChI is InChI=1S/C12H24N2O2/c1-3-8-16-9-6-13-12(15)11-5-4-7-14(2)10-11/h11H,3-10H2,1-2H3,(H,13,15).